The SMILES string of the molecule is COc1ccc([C@@H](C)C(=O)NC(c2ccccc2OC)c2ccccc2OC)cn1. The van der Waals surface area contributed by atoms with E-state index in [1.165, 1.54) is 0 Å². The van der Waals surface area contributed by atoms with Crippen LogP contribution < -0.4 is 19.5 Å². The molecule has 3 rings (SSSR count). The Bertz CT molecular complexity index is 941. The average molecular weight is 406 g/mol. The highest BCUT2D eigenvalue weighted by atomic mass is 16.5. The average Bonchev–Trinajstić information content (AvgIpc) is 2.82. The summed E-state index contributed by atoms with van der Waals surface area (Å²) in [5, 5.41) is 3.17. The normalized spacial score (nSPS) is 11.6. The Balaban J connectivity index is 1.96. The number of ether oxygens (including phenoxy) is 3. The summed E-state index contributed by atoms with van der Waals surface area (Å²) in [4.78, 5) is 17.4. The van der Waals surface area contributed by atoms with Gasteiger partial charge in [-0.15, -0.1) is 0 Å². The van der Waals surface area contributed by atoms with Crippen LogP contribution in [0.25, 0.3) is 0 Å². The topological polar surface area (TPSA) is 69.7 Å². The molecular formula is C24H26N2O4. The maximum Gasteiger partial charge on any atom is 0.228 e. The lowest BCUT2D eigenvalue weighted by Gasteiger charge is -2.25. The molecule has 0 bridgehead atoms. The van der Waals surface area contributed by atoms with E-state index in [-0.39, 0.29) is 5.91 Å². The van der Waals surface area contributed by atoms with Crippen molar-refractivity contribution < 1.29 is 19.0 Å². The second kappa shape index (κ2) is 9.78. The molecule has 1 atom stereocenters. The summed E-state index contributed by atoms with van der Waals surface area (Å²) < 4.78 is 16.2. The fraction of sp³-hybridized carbons (Fsp3) is 0.250. The van der Waals surface area contributed by atoms with Crippen LogP contribution in [0.15, 0.2) is 66.9 Å². The van der Waals surface area contributed by atoms with Crippen molar-refractivity contribution in [2.75, 3.05) is 21.3 Å². The number of carbonyl (C=O) groups is 1. The first kappa shape index (κ1) is 21.2. The molecule has 0 aliphatic rings. The summed E-state index contributed by atoms with van der Waals surface area (Å²) in [6, 6.07) is 18.4. The van der Waals surface area contributed by atoms with Gasteiger partial charge in [0.15, 0.2) is 0 Å². The fourth-order valence-corrected chi connectivity index (χ4v) is 3.32. The van der Waals surface area contributed by atoms with Crippen LogP contribution in [0.3, 0.4) is 0 Å². The van der Waals surface area contributed by atoms with Crippen LogP contribution in [-0.2, 0) is 4.79 Å². The summed E-state index contributed by atoms with van der Waals surface area (Å²) in [5.74, 6) is 1.34. The molecule has 0 unspecified atom stereocenters. The number of pyridine rings is 1. The van der Waals surface area contributed by atoms with E-state index in [0.29, 0.717) is 17.4 Å². The van der Waals surface area contributed by atoms with Crippen molar-refractivity contribution in [3.05, 3.63) is 83.6 Å². The van der Waals surface area contributed by atoms with E-state index in [4.69, 9.17) is 14.2 Å². The summed E-state index contributed by atoms with van der Waals surface area (Å²) in [6.45, 7) is 1.85. The van der Waals surface area contributed by atoms with Crippen LogP contribution in [0.4, 0.5) is 0 Å². The van der Waals surface area contributed by atoms with Crippen LogP contribution >= 0.6 is 0 Å². The predicted octanol–water partition coefficient (Wildman–Crippen LogP) is 4.12. The first-order valence-corrected chi connectivity index (χ1v) is 9.65. The van der Waals surface area contributed by atoms with Crippen LogP contribution in [0, 0.1) is 0 Å². The lowest BCUT2D eigenvalue weighted by atomic mass is 9.95. The molecule has 6 nitrogen and oxygen atoms in total. The highest BCUT2D eigenvalue weighted by Gasteiger charge is 2.26. The molecule has 156 valence electrons. The zero-order valence-corrected chi connectivity index (χ0v) is 17.6. The molecule has 1 aromatic heterocycles. The number of carbonyl (C=O) groups excluding carboxylic acids is 1. The molecule has 0 aliphatic heterocycles. The first-order valence-electron chi connectivity index (χ1n) is 9.65. The number of hydrogen-bond acceptors (Lipinski definition) is 5. The summed E-state index contributed by atoms with van der Waals surface area (Å²) in [5.41, 5.74) is 2.49. The molecule has 0 radical (unpaired) electrons. The van der Waals surface area contributed by atoms with Crippen LogP contribution in [-0.4, -0.2) is 32.2 Å². The van der Waals surface area contributed by atoms with Gasteiger partial charge in [-0.25, -0.2) is 4.98 Å². The first-order chi connectivity index (χ1) is 14.6. The van der Waals surface area contributed by atoms with Crippen LogP contribution in [0.5, 0.6) is 17.4 Å². The molecule has 6 heteroatoms. The third-order valence-corrected chi connectivity index (χ3v) is 5.05. The highest BCUT2D eigenvalue weighted by Crippen LogP contribution is 2.35. The van der Waals surface area contributed by atoms with Gasteiger partial charge in [0.05, 0.1) is 33.3 Å². The van der Waals surface area contributed by atoms with Crippen molar-refractivity contribution in [3.8, 4) is 17.4 Å². The smallest absolute Gasteiger partial charge is 0.228 e. The quantitative estimate of drug-likeness (QED) is 0.609. The van der Waals surface area contributed by atoms with Gasteiger partial charge in [0.2, 0.25) is 11.8 Å². The van der Waals surface area contributed by atoms with Crippen LogP contribution in [0.1, 0.15) is 35.6 Å². The summed E-state index contributed by atoms with van der Waals surface area (Å²) in [6.07, 6.45) is 1.66. The summed E-state index contributed by atoms with van der Waals surface area (Å²) >= 11 is 0. The standard InChI is InChI=1S/C24H26N2O4/c1-16(17-13-14-22(30-4)25-15-17)24(27)26-23(18-9-5-7-11-20(18)28-2)19-10-6-8-12-21(19)29-3/h5-16,23H,1-4H3,(H,26,27)/t16-/m1/s1. The van der Waals surface area contributed by atoms with Crippen molar-refractivity contribution >= 4 is 5.91 Å². The number of nitrogens with zero attached hydrogens (tertiary/aromatic N) is 1. The fourth-order valence-electron chi connectivity index (χ4n) is 3.32. The van der Waals surface area contributed by atoms with Crippen LogP contribution in [0.2, 0.25) is 0 Å². The highest BCUT2D eigenvalue weighted by molar-refractivity contribution is 5.84. The van der Waals surface area contributed by atoms with E-state index < -0.39 is 12.0 Å². The van der Waals surface area contributed by atoms with Gasteiger partial charge in [-0.2, -0.15) is 0 Å². The minimum Gasteiger partial charge on any atom is -0.496 e. The molecule has 3 aromatic rings. The Morgan fingerprint density at radius 1 is 0.833 bits per heavy atom. The van der Waals surface area contributed by atoms with Gasteiger partial charge in [-0.05, 0) is 24.6 Å². The van der Waals surface area contributed by atoms with Crippen molar-refractivity contribution in [1.82, 2.24) is 10.3 Å². The van der Waals surface area contributed by atoms with Crippen molar-refractivity contribution in [3.63, 3.8) is 0 Å². The molecule has 0 aliphatic carbocycles. The van der Waals surface area contributed by atoms with E-state index in [0.717, 1.165) is 16.7 Å². The van der Waals surface area contributed by atoms with Gasteiger partial charge in [-0.3, -0.25) is 4.79 Å². The minimum absolute atomic E-state index is 0.135. The van der Waals surface area contributed by atoms with Crippen molar-refractivity contribution in [2.24, 2.45) is 0 Å². The number of aromatic nitrogens is 1. The third kappa shape index (κ3) is 4.54. The molecule has 1 heterocycles. The number of methoxy groups -OCH3 is 3. The van der Waals surface area contributed by atoms with E-state index in [2.05, 4.69) is 10.3 Å². The molecule has 0 spiro atoms. The van der Waals surface area contributed by atoms with Gasteiger partial charge >= 0.3 is 0 Å². The number of hydrogen-bond donors (Lipinski definition) is 1. The van der Waals surface area contributed by atoms with Gasteiger partial charge in [0, 0.05) is 23.4 Å². The zero-order chi connectivity index (χ0) is 21.5. The minimum atomic E-state index is -0.446. The van der Waals surface area contributed by atoms with Gasteiger partial charge in [-0.1, -0.05) is 42.5 Å². The van der Waals surface area contributed by atoms with Gasteiger partial charge in [0.1, 0.15) is 11.5 Å². The lowest BCUT2D eigenvalue weighted by Crippen LogP contribution is -2.33. The Labute approximate surface area is 176 Å². The molecule has 0 fully saturated rings. The lowest BCUT2D eigenvalue weighted by molar-refractivity contribution is -0.122. The Morgan fingerprint density at radius 2 is 1.40 bits per heavy atom. The Morgan fingerprint density at radius 3 is 1.87 bits per heavy atom. The molecule has 0 saturated heterocycles. The molecule has 0 saturated carbocycles. The predicted molar refractivity (Wildman–Crippen MR) is 115 cm³/mol. The molecule has 30 heavy (non-hydrogen) atoms. The maximum absolute atomic E-state index is 13.2. The van der Waals surface area contributed by atoms with Crippen molar-refractivity contribution in [2.45, 2.75) is 18.9 Å². The number of amides is 1. The van der Waals surface area contributed by atoms with E-state index in [9.17, 15) is 4.79 Å². The van der Waals surface area contributed by atoms with Gasteiger partial charge in [0.25, 0.3) is 0 Å². The maximum atomic E-state index is 13.2. The van der Waals surface area contributed by atoms with Gasteiger partial charge < -0.3 is 19.5 Å². The number of para-hydroxylation sites is 2. The Kier molecular flexibility index (Phi) is 6.91. The number of rotatable bonds is 8. The molecule has 1 N–H and O–H groups in total. The van der Waals surface area contributed by atoms with E-state index in [1.54, 1.807) is 33.6 Å². The Hall–Kier alpha value is -3.54. The third-order valence-electron chi connectivity index (χ3n) is 5.05. The monoisotopic (exact) mass is 406 g/mol. The van der Waals surface area contributed by atoms with E-state index in [1.807, 2.05) is 61.5 Å². The summed E-state index contributed by atoms with van der Waals surface area (Å²) in [7, 11) is 4.79. The molecule has 1 amide bonds. The second-order valence-electron chi connectivity index (χ2n) is 6.78. The zero-order valence-electron chi connectivity index (χ0n) is 17.6. The molecule has 2 aromatic carbocycles. The largest absolute Gasteiger partial charge is 0.496 e. The molecular weight excluding hydrogens is 380 g/mol. The number of benzene rings is 2. The second-order valence-corrected chi connectivity index (χ2v) is 6.78. The van der Waals surface area contributed by atoms with Crippen molar-refractivity contribution in [1.29, 1.82) is 0 Å². The van der Waals surface area contributed by atoms with E-state index >= 15 is 0 Å². The number of nitrogens with one attached hydrogen (secondary N) is 1.